The van der Waals surface area contributed by atoms with E-state index in [0.717, 1.165) is 10.8 Å². The van der Waals surface area contributed by atoms with Crippen molar-refractivity contribution in [2.75, 3.05) is 12.3 Å². The summed E-state index contributed by atoms with van der Waals surface area (Å²) < 4.78 is 58.7. The molecule has 0 saturated carbocycles. The second kappa shape index (κ2) is 14.1. The van der Waals surface area contributed by atoms with Gasteiger partial charge in [-0.15, -0.1) is 0 Å². The molecule has 0 spiro atoms. The van der Waals surface area contributed by atoms with Gasteiger partial charge < -0.3 is 21.3 Å². The van der Waals surface area contributed by atoms with E-state index in [1.165, 1.54) is 36.4 Å². The summed E-state index contributed by atoms with van der Waals surface area (Å²) in [5, 5.41) is 20.8. The minimum Gasteiger partial charge on any atom is -0.480 e. The van der Waals surface area contributed by atoms with Crippen molar-refractivity contribution < 1.29 is 46.2 Å². The number of hydrogen-bond acceptors (Lipinski definition) is 7. The van der Waals surface area contributed by atoms with Gasteiger partial charge in [0.2, 0.25) is 10.0 Å². The van der Waals surface area contributed by atoms with Crippen LogP contribution in [0.25, 0.3) is 10.8 Å². The third-order valence-electron chi connectivity index (χ3n) is 5.59. The molecular formula is C29H23F3N4O7S. The molecule has 6 N–H and O–H groups in total. The summed E-state index contributed by atoms with van der Waals surface area (Å²) in [5.41, 5.74) is 7.30. The molecule has 4 rings (SSSR count). The number of carboxylic acid groups (broad SMARTS) is 2. The Bertz CT molecular complexity index is 1840. The largest absolute Gasteiger partial charge is 0.490 e. The van der Waals surface area contributed by atoms with Gasteiger partial charge in [0.1, 0.15) is 17.6 Å². The van der Waals surface area contributed by atoms with Crippen molar-refractivity contribution in [1.82, 2.24) is 15.0 Å². The lowest BCUT2D eigenvalue weighted by Gasteiger charge is -2.15. The van der Waals surface area contributed by atoms with Crippen LogP contribution in [0.3, 0.4) is 0 Å². The summed E-state index contributed by atoms with van der Waals surface area (Å²) in [5.74, 6) is 1.63. The molecule has 228 valence electrons. The number of carbonyl (C=O) groups excluding carboxylic acids is 1. The van der Waals surface area contributed by atoms with Gasteiger partial charge in [0, 0.05) is 23.1 Å². The van der Waals surface area contributed by atoms with Crippen LogP contribution in [0.1, 0.15) is 21.6 Å². The number of benzene rings is 3. The van der Waals surface area contributed by atoms with E-state index in [-0.39, 0.29) is 10.5 Å². The Kier molecular flexibility index (Phi) is 10.6. The fourth-order valence-corrected chi connectivity index (χ4v) is 4.69. The van der Waals surface area contributed by atoms with Crippen LogP contribution in [-0.2, 0) is 19.6 Å². The number of aromatic nitrogens is 1. The first-order chi connectivity index (χ1) is 20.7. The van der Waals surface area contributed by atoms with E-state index in [1.54, 1.807) is 24.3 Å². The molecule has 0 unspecified atom stereocenters. The molecule has 0 saturated heterocycles. The second-order valence-corrected chi connectivity index (χ2v) is 10.5. The Balaban J connectivity index is 0.000000676. The lowest BCUT2D eigenvalue weighted by atomic mass is 10.1. The van der Waals surface area contributed by atoms with Crippen molar-refractivity contribution in [3.05, 3.63) is 102 Å². The van der Waals surface area contributed by atoms with E-state index in [1.807, 2.05) is 24.3 Å². The molecule has 0 fully saturated rings. The number of aliphatic carboxylic acids is 2. The molecule has 0 radical (unpaired) electrons. The number of nitrogen functional groups attached to an aromatic ring is 1. The van der Waals surface area contributed by atoms with E-state index in [9.17, 15) is 36.3 Å². The number of rotatable bonds is 7. The Morgan fingerprint density at radius 2 is 1.50 bits per heavy atom. The monoisotopic (exact) mass is 628 g/mol. The Morgan fingerprint density at radius 3 is 2.09 bits per heavy atom. The van der Waals surface area contributed by atoms with Crippen LogP contribution in [0.2, 0.25) is 0 Å². The van der Waals surface area contributed by atoms with E-state index in [2.05, 4.69) is 26.9 Å². The second-order valence-electron chi connectivity index (χ2n) is 8.78. The number of carbonyl (C=O) groups is 3. The number of fused-ring (bicyclic) bond motifs is 1. The highest BCUT2D eigenvalue weighted by atomic mass is 32.2. The number of nitrogens with two attached hydrogens (primary N) is 1. The van der Waals surface area contributed by atoms with Crippen LogP contribution in [0, 0.1) is 11.8 Å². The van der Waals surface area contributed by atoms with Gasteiger partial charge >= 0.3 is 18.1 Å². The number of nitrogens with one attached hydrogen (secondary N) is 2. The average Bonchev–Trinajstić information content (AvgIpc) is 2.98. The quantitative estimate of drug-likeness (QED) is 0.192. The first-order valence-electron chi connectivity index (χ1n) is 12.3. The van der Waals surface area contributed by atoms with E-state index in [0.29, 0.717) is 17.1 Å². The maximum absolute atomic E-state index is 12.5. The Morgan fingerprint density at radius 1 is 0.909 bits per heavy atom. The molecule has 4 aromatic rings. The van der Waals surface area contributed by atoms with Gasteiger partial charge in [-0.05, 0) is 53.8 Å². The highest BCUT2D eigenvalue weighted by Crippen LogP contribution is 2.19. The zero-order valence-corrected chi connectivity index (χ0v) is 23.2. The van der Waals surface area contributed by atoms with Crippen molar-refractivity contribution in [2.24, 2.45) is 0 Å². The first kappa shape index (κ1) is 33.0. The molecule has 44 heavy (non-hydrogen) atoms. The molecule has 1 heterocycles. The average molecular weight is 629 g/mol. The number of hydrogen-bond donors (Lipinski definition) is 5. The van der Waals surface area contributed by atoms with Crippen LogP contribution in [0.5, 0.6) is 0 Å². The summed E-state index contributed by atoms with van der Waals surface area (Å²) >= 11 is 0. The number of pyridine rings is 1. The SMILES string of the molecule is Nc1cc2ccccc2c(C#Cc2ccc(C(=O)NC[C@H](NS(=O)(=O)c3ccccc3)C(=O)O)cc2)n1.O=C(O)C(F)(F)F. The maximum Gasteiger partial charge on any atom is 0.490 e. The molecule has 3 aromatic carbocycles. The summed E-state index contributed by atoms with van der Waals surface area (Å²) in [6.45, 7) is -0.448. The summed E-state index contributed by atoms with van der Waals surface area (Å²) in [6.07, 6.45) is -5.08. The predicted octanol–water partition coefficient (Wildman–Crippen LogP) is 3.01. The van der Waals surface area contributed by atoms with E-state index >= 15 is 0 Å². The molecule has 0 bridgehead atoms. The van der Waals surface area contributed by atoms with Crippen molar-refractivity contribution in [3.8, 4) is 11.8 Å². The van der Waals surface area contributed by atoms with Gasteiger partial charge in [-0.3, -0.25) is 9.59 Å². The van der Waals surface area contributed by atoms with Gasteiger partial charge in [-0.25, -0.2) is 18.2 Å². The number of alkyl halides is 3. The van der Waals surface area contributed by atoms with Crippen LogP contribution < -0.4 is 15.8 Å². The standard InChI is InChI=1S/C27H22N4O5S.C2HF3O2/c28-25-16-20-6-4-5-9-22(20)23(30-25)15-12-18-10-13-19(14-11-18)26(32)29-17-24(27(33)34)31-37(35,36)21-7-2-1-3-8-21;3-2(4,5)1(6)7/h1-11,13-14,16,24,31H,17H2,(H2,28,30)(H,29,32)(H,33,34);(H,6,7)/t24-;/m0./s1. The van der Waals surface area contributed by atoms with Crippen LogP contribution in [0.4, 0.5) is 19.0 Å². The van der Waals surface area contributed by atoms with Crippen molar-refractivity contribution in [2.45, 2.75) is 17.1 Å². The third-order valence-corrected chi connectivity index (χ3v) is 7.08. The highest BCUT2D eigenvalue weighted by Gasteiger charge is 2.38. The molecule has 0 aliphatic rings. The molecule has 1 aromatic heterocycles. The molecule has 0 aliphatic heterocycles. The third kappa shape index (κ3) is 9.28. The molecule has 1 amide bonds. The number of anilines is 1. The lowest BCUT2D eigenvalue weighted by molar-refractivity contribution is -0.192. The van der Waals surface area contributed by atoms with E-state index < -0.39 is 46.6 Å². The zero-order chi connectivity index (χ0) is 32.5. The number of carboxylic acids is 2. The smallest absolute Gasteiger partial charge is 0.480 e. The van der Waals surface area contributed by atoms with Gasteiger partial charge in [0.25, 0.3) is 5.91 Å². The zero-order valence-electron chi connectivity index (χ0n) is 22.4. The predicted molar refractivity (Wildman–Crippen MR) is 153 cm³/mol. The fourth-order valence-electron chi connectivity index (χ4n) is 3.48. The summed E-state index contributed by atoms with van der Waals surface area (Å²) in [6, 6.07) is 21.6. The van der Waals surface area contributed by atoms with Crippen molar-refractivity contribution >= 4 is 44.5 Å². The van der Waals surface area contributed by atoms with Gasteiger partial charge in [0.15, 0.2) is 0 Å². The topological polar surface area (TPSA) is 189 Å². The summed E-state index contributed by atoms with van der Waals surface area (Å²) in [7, 11) is -4.08. The van der Waals surface area contributed by atoms with Crippen LogP contribution >= 0.6 is 0 Å². The molecule has 0 aliphatic carbocycles. The summed E-state index contributed by atoms with van der Waals surface area (Å²) in [4.78, 5) is 37.3. The van der Waals surface area contributed by atoms with Crippen molar-refractivity contribution in [3.63, 3.8) is 0 Å². The Labute approximate surface area is 248 Å². The minimum atomic E-state index is -5.08. The van der Waals surface area contributed by atoms with Crippen LogP contribution in [-0.4, -0.2) is 60.2 Å². The number of halogens is 3. The lowest BCUT2D eigenvalue weighted by Crippen LogP contribution is -2.48. The Hall–Kier alpha value is -5.46. The number of amides is 1. The molecule has 1 atom stereocenters. The molecule has 11 nitrogen and oxygen atoms in total. The van der Waals surface area contributed by atoms with Crippen LogP contribution in [0.15, 0.2) is 89.8 Å². The van der Waals surface area contributed by atoms with Gasteiger partial charge in [-0.1, -0.05) is 48.4 Å². The normalized spacial score (nSPS) is 11.7. The number of nitrogens with zero attached hydrogens (tertiary/aromatic N) is 1. The molecular weight excluding hydrogens is 605 g/mol. The molecule has 15 heteroatoms. The van der Waals surface area contributed by atoms with Gasteiger partial charge in [-0.2, -0.15) is 17.9 Å². The fraction of sp³-hybridized carbons (Fsp3) is 0.103. The highest BCUT2D eigenvalue weighted by molar-refractivity contribution is 7.89. The van der Waals surface area contributed by atoms with Gasteiger partial charge in [0.05, 0.1) is 4.90 Å². The minimum absolute atomic E-state index is 0.0781. The maximum atomic E-state index is 12.5. The van der Waals surface area contributed by atoms with Crippen molar-refractivity contribution in [1.29, 1.82) is 0 Å². The first-order valence-corrected chi connectivity index (χ1v) is 13.8. The van der Waals surface area contributed by atoms with E-state index in [4.69, 9.17) is 15.6 Å². The number of sulfonamides is 1.